The first-order chi connectivity index (χ1) is 15.9. The molecule has 0 saturated heterocycles. The van der Waals surface area contributed by atoms with Gasteiger partial charge >= 0.3 is 0 Å². The molecule has 0 N–H and O–H groups in total. The number of benzene rings is 4. The van der Waals surface area contributed by atoms with Gasteiger partial charge in [0.05, 0.1) is 16.7 Å². The molecule has 1 atom stereocenters. The lowest BCUT2D eigenvalue weighted by Gasteiger charge is -2.38. The number of rotatable bonds is 2. The molecule has 7 rings (SSSR count). The number of nitrogens with zero attached hydrogens (tertiary/aromatic N) is 2. The molecule has 1 aliphatic carbocycles. The van der Waals surface area contributed by atoms with E-state index in [1.807, 2.05) is 12.3 Å². The predicted molar refractivity (Wildman–Crippen MR) is 133 cm³/mol. The molecule has 0 aliphatic heterocycles. The van der Waals surface area contributed by atoms with Crippen LogP contribution >= 0.6 is 0 Å². The van der Waals surface area contributed by atoms with E-state index in [0.29, 0.717) is 0 Å². The van der Waals surface area contributed by atoms with Crippen molar-refractivity contribution in [1.82, 2.24) is 9.55 Å². The van der Waals surface area contributed by atoms with Crippen molar-refractivity contribution in [3.05, 3.63) is 132 Å². The number of allylic oxidation sites excluding steroid dienone is 1. The van der Waals surface area contributed by atoms with Gasteiger partial charge in [0.2, 0.25) is 0 Å². The Bertz CT molecular complexity index is 1620. The third-order valence-electron chi connectivity index (χ3n) is 6.84. The fourth-order valence-electron chi connectivity index (χ4n) is 5.55. The molecule has 0 amide bonds. The standard InChI is InChI=1S/C30H20N2/c1-3-15-26-23(12-1)24-13-2-4-16-27(24)32(26)30(28-17-5-6-20-31-28)19-18-22-10-7-9-21-11-8-14-25(30)29(21)22/h1-20H. The summed E-state index contributed by atoms with van der Waals surface area (Å²) in [7, 11) is 0. The fourth-order valence-corrected chi connectivity index (χ4v) is 5.55. The molecule has 2 heterocycles. The van der Waals surface area contributed by atoms with Crippen LogP contribution in [0.25, 0.3) is 38.7 Å². The van der Waals surface area contributed by atoms with E-state index in [1.54, 1.807) is 0 Å². The molecule has 0 bridgehead atoms. The lowest BCUT2D eigenvalue weighted by Crippen LogP contribution is -2.36. The Morgan fingerprint density at radius 2 is 1.31 bits per heavy atom. The van der Waals surface area contributed by atoms with Crippen LogP contribution in [-0.4, -0.2) is 9.55 Å². The summed E-state index contributed by atoms with van der Waals surface area (Å²) in [6, 6.07) is 36.8. The van der Waals surface area contributed by atoms with E-state index in [4.69, 9.17) is 4.98 Å². The zero-order valence-electron chi connectivity index (χ0n) is 17.4. The molecule has 2 aromatic heterocycles. The Labute approximate surface area is 186 Å². The number of hydrogen-bond donors (Lipinski definition) is 0. The molecule has 150 valence electrons. The van der Waals surface area contributed by atoms with Crippen molar-refractivity contribution in [2.75, 3.05) is 0 Å². The molecule has 1 aliphatic rings. The van der Waals surface area contributed by atoms with Gasteiger partial charge in [-0.15, -0.1) is 0 Å². The van der Waals surface area contributed by atoms with Crippen molar-refractivity contribution in [2.24, 2.45) is 0 Å². The van der Waals surface area contributed by atoms with Crippen molar-refractivity contribution < 1.29 is 0 Å². The van der Waals surface area contributed by atoms with Crippen molar-refractivity contribution in [3.8, 4) is 0 Å². The summed E-state index contributed by atoms with van der Waals surface area (Å²) in [5, 5.41) is 5.08. The third kappa shape index (κ3) is 2.16. The predicted octanol–water partition coefficient (Wildman–Crippen LogP) is 7.16. The molecule has 0 saturated carbocycles. The van der Waals surface area contributed by atoms with Crippen LogP contribution in [0.15, 0.2) is 115 Å². The number of pyridine rings is 1. The summed E-state index contributed by atoms with van der Waals surface area (Å²) in [6.45, 7) is 0. The van der Waals surface area contributed by atoms with Crippen molar-refractivity contribution >= 4 is 38.7 Å². The molecular weight excluding hydrogens is 388 g/mol. The summed E-state index contributed by atoms with van der Waals surface area (Å²) in [4.78, 5) is 4.93. The van der Waals surface area contributed by atoms with Gasteiger partial charge < -0.3 is 4.57 Å². The first-order valence-electron chi connectivity index (χ1n) is 11.0. The molecular formula is C30H20N2. The molecule has 0 spiro atoms. The first-order valence-corrected chi connectivity index (χ1v) is 11.0. The van der Waals surface area contributed by atoms with Gasteiger partial charge in [-0.05, 0) is 52.2 Å². The average molecular weight is 409 g/mol. The zero-order chi connectivity index (χ0) is 21.1. The van der Waals surface area contributed by atoms with Crippen molar-refractivity contribution in [1.29, 1.82) is 0 Å². The maximum absolute atomic E-state index is 4.93. The van der Waals surface area contributed by atoms with E-state index < -0.39 is 5.54 Å². The van der Waals surface area contributed by atoms with Crippen LogP contribution in [0.4, 0.5) is 0 Å². The average Bonchev–Trinajstić information content (AvgIpc) is 3.20. The van der Waals surface area contributed by atoms with Gasteiger partial charge in [-0.2, -0.15) is 0 Å². The van der Waals surface area contributed by atoms with Crippen molar-refractivity contribution in [2.45, 2.75) is 5.54 Å². The van der Waals surface area contributed by atoms with Gasteiger partial charge in [-0.1, -0.05) is 84.9 Å². The maximum Gasteiger partial charge on any atom is 0.132 e. The van der Waals surface area contributed by atoms with Gasteiger partial charge in [0, 0.05) is 17.0 Å². The Balaban J connectivity index is 1.74. The summed E-state index contributed by atoms with van der Waals surface area (Å²) in [6.07, 6.45) is 6.51. The molecule has 6 aromatic rings. The molecule has 0 radical (unpaired) electrons. The van der Waals surface area contributed by atoms with Crippen LogP contribution in [0.1, 0.15) is 16.8 Å². The second-order valence-electron chi connectivity index (χ2n) is 8.44. The smallest absolute Gasteiger partial charge is 0.132 e. The third-order valence-corrected chi connectivity index (χ3v) is 6.84. The number of aromatic nitrogens is 2. The highest BCUT2D eigenvalue weighted by atomic mass is 15.1. The topological polar surface area (TPSA) is 17.8 Å². The normalized spacial score (nSPS) is 17.4. The van der Waals surface area contributed by atoms with Crippen LogP contribution in [0.2, 0.25) is 0 Å². The van der Waals surface area contributed by atoms with Gasteiger partial charge in [-0.25, -0.2) is 0 Å². The minimum atomic E-state index is -0.558. The Kier molecular flexibility index (Phi) is 3.51. The lowest BCUT2D eigenvalue weighted by atomic mass is 9.77. The SMILES string of the molecule is C1=CC(c2ccccn2)(n2c3ccccc3c3ccccc32)c2cccc3cccc1c23. The van der Waals surface area contributed by atoms with Crippen LogP contribution in [0, 0.1) is 0 Å². The van der Waals surface area contributed by atoms with Crippen LogP contribution < -0.4 is 0 Å². The summed E-state index contributed by atoms with van der Waals surface area (Å²) >= 11 is 0. The van der Waals surface area contributed by atoms with E-state index in [1.165, 1.54) is 43.7 Å². The van der Waals surface area contributed by atoms with Gasteiger partial charge in [-0.3, -0.25) is 4.98 Å². The summed E-state index contributed by atoms with van der Waals surface area (Å²) in [5.41, 5.74) is 5.40. The van der Waals surface area contributed by atoms with Crippen molar-refractivity contribution in [3.63, 3.8) is 0 Å². The number of para-hydroxylation sites is 2. The summed E-state index contributed by atoms with van der Waals surface area (Å²) in [5.74, 6) is 0. The number of hydrogen-bond acceptors (Lipinski definition) is 1. The van der Waals surface area contributed by atoms with Crippen LogP contribution in [-0.2, 0) is 5.54 Å². The molecule has 1 unspecified atom stereocenters. The van der Waals surface area contributed by atoms with Gasteiger partial charge in [0.15, 0.2) is 0 Å². The Hall–Kier alpha value is -4.17. The largest absolute Gasteiger partial charge is 0.321 e. The minimum Gasteiger partial charge on any atom is -0.321 e. The molecule has 4 aromatic carbocycles. The second-order valence-corrected chi connectivity index (χ2v) is 8.44. The zero-order valence-corrected chi connectivity index (χ0v) is 17.4. The van der Waals surface area contributed by atoms with Gasteiger partial charge in [0.25, 0.3) is 0 Å². The first kappa shape index (κ1) is 17.5. The van der Waals surface area contributed by atoms with Gasteiger partial charge in [0.1, 0.15) is 5.54 Å². The highest BCUT2D eigenvalue weighted by Crippen LogP contribution is 2.47. The Morgan fingerprint density at radius 3 is 2.03 bits per heavy atom. The molecule has 2 nitrogen and oxygen atoms in total. The quantitative estimate of drug-likeness (QED) is 0.297. The monoisotopic (exact) mass is 408 g/mol. The van der Waals surface area contributed by atoms with E-state index in [2.05, 4.69) is 114 Å². The Morgan fingerprint density at radius 1 is 0.625 bits per heavy atom. The second kappa shape index (κ2) is 6.41. The molecule has 0 fully saturated rings. The summed E-state index contributed by atoms with van der Waals surface area (Å²) < 4.78 is 2.49. The molecule has 2 heteroatoms. The fraction of sp³-hybridized carbons (Fsp3) is 0.0333. The van der Waals surface area contributed by atoms with E-state index in [-0.39, 0.29) is 0 Å². The highest BCUT2D eigenvalue weighted by Gasteiger charge is 2.40. The van der Waals surface area contributed by atoms with Crippen LogP contribution in [0.5, 0.6) is 0 Å². The maximum atomic E-state index is 4.93. The van der Waals surface area contributed by atoms with E-state index in [0.717, 1.165) is 5.69 Å². The molecule has 32 heavy (non-hydrogen) atoms. The van der Waals surface area contributed by atoms with E-state index >= 15 is 0 Å². The number of fused-ring (bicyclic) bond motifs is 3. The van der Waals surface area contributed by atoms with E-state index in [9.17, 15) is 0 Å². The van der Waals surface area contributed by atoms with Crippen LogP contribution in [0.3, 0.4) is 0 Å². The minimum absolute atomic E-state index is 0.558. The highest BCUT2D eigenvalue weighted by molar-refractivity contribution is 6.09. The lowest BCUT2D eigenvalue weighted by molar-refractivity contribution is 0.558.